The lowest BCUT2D eigenvalue weighted by Gasteiger charge is -2.09. The van der Waals surface area contributed by atoms with Crippen LogP contribution >= 0.6 is 0 Å². The maximum absolute atomic E-state index is 5.64. The largest absolute Gasteiger partial charge is 0.478 e. The Morgan fingerprint density at radius 3 is 2.89 bits per heavy atom. The van der Waals surface area contributed by atoms with E-state index in [2.05, 4.69) is 31.1 Å². The van der Waals surface area contributed by atoms with Crippen LogP contribution in [0.5, 0.6) is 5.88 Å². The number of ether oxygens (including phenoxy) is 1. The third-order valence-corrected chi connectivity index (χ3v) is 2.68. The second-order valence-electron chi connectivity index (χ2n) is 5.08. The molecular formula is C15H26N2O. The first-order valence-corrected chi connectivity index (χ1v) is 7.00. The van der Waals surface area contributed by atoms with Gasteiger partial charge in [-0.3, -0.25) is 0 Å². The van der Waals surface area contributed by atoms with Gasteiger partial charge in [-0.15, -0.1) is 0 Å². The first-order valence-electron chi connectivity index (χ1n) is 7.00. The van der Waals surface area contributed by atoms with Crippen molar-refractivity contribution in [3.8, 4) is 5.88 Å². The summed E-state index contributed by atoms with van der Waals surface area (Å²) in [5, 5.41) is 3.42. The lowest BCUT2D eigenvalue weighted by atomic mass is 10.2. The Labute approximate surface area is 111 Å². The highest BCUT2D eigenvalue weighted by Crippen LogP contribution is 2.10. The second kappa shape index (κ2) is 8.92. The van der Waals surface area contributed by atoms with Gasteiger partial charge in [0.2, 0.25) is 5.88 Å². The van der Waals surface area contributed by atoms with Crippen LogP contribution in [0.25, 0.3) is 0 Å². The number of pyridine rings is 1. The van der Waals surface area contributed by atoms with E-state index in [1.54, 1.807) is 0 Å². The molecule has 3 nitrogen and oxygen atoms in total. The van der Waals surface area contributed by atoms with E-state index in [-0.39, 0.29) is 0 Å². The van der Waals surface area contributed by atoms with E-state index < -0.39 is 0 Å². The van der Waals surface area contributed by atoms with Crippen LogP contribution in [0.2, 0.25) is 0 Å². The minimum absolute atomic E-state index is 0.677. The van der Waals surface area contributed by atoms with Crippen LogP contribution in [0.15, 0.2) is 18.3 Å². The third-order valence-electron chi connectivity index (χ3n) is 2.68. The van der Waals surface area contributed by atoms with Gasteiger partial charge in [-0.2, -0.15) is 0 Å². The fourth-order valence-corrected chi connectivity index (χ4v) is 1.67. The van der Waals surface area contributed by atoms with Crippen LogP contribution in [0.4, 0.5) is 0 Å². The number of unbranched alkanes of at least 4 members (excludes halogenated alkanes) is 2. The minimum atomic E-state index is 0.677. The number of hydrogen-bond acceptors (Lipinski definition) is 3. The molecule has 1 rings (SSSR count). The number of aromatic nitrogens is 1. The van der Waals surface area contributed by atoms with Crippen LogP contribution in [0.1, 0.15) is 45.6 Å². The molecule has 0 saturated carbocycles. The smallest absolute Gasteiger partial charge is 0.213 e. The Kier molecular flexibility index (Phi) is 7.42. The van der Waals surface area contributed by atoms with Crippen LogP contribution in [0, 0.1) is 5.92 Å². The lowest BCUT2D eigenvalue weighted by Crippen LogP contribution is -2.19. The second-order valence-corrected chi connectivity index (χ2v) is 5.08. The summed E-state index contributed by atoms with van der Waals surface area (Å²) in [6.45, 7) is 9.30. The molecule has 1 aromatic rings. The van der Waals surface area contributed by atoms with Gasteiger partial charge in [0.15, 0.2) is 0 Å². The summed E-state index contributed by atoms with van der Waals surface area (Å²) in [4.78, 5) is 4.23. The van der Waals surface area contributed by atoms with Gasteiger partial charge in [0.05, 0.1) is 6.61 Å². The monoisotopic (exact) mass is 250 g/mol. The topological polar surface area (TPSA) is 34.1 Å². The molecule has 0 amide bonds. The van der Waals surface area contributed by atoms with Crippen molar-refractivity contribution in [2.45, 2.75) is 46.6 Å². The zero-order chi connectivity index (χ0) is 13.2. The zero-order valence-corrected chi connectivity index (χ0v) is 11.9. The molecule has 1 N–H and O–H groups in total. The summed E-state index contributed by atoms with van der Waals surface area (Å²) in [6.07, 6.45) is 5.36. The molecule has 0 bridgehead atoms. The summed E-state index contributed by atoms with van der Waals surface area (Å²) >= 11 is 0. The maximum Gasteiger partial charge on any atom is 0.213 e. The number of rotatable bonds is 9. The predicted octanol–water partition coefficient (Wildman–Crippen LogP) is 3.40. The molecule has 0 radical (unpaired) electrons. The average Bonchev–Trinajstić information content (AvgIpc) is 2.35. The lowest BCUT2D eigenvalue weighted by molar-refractivity contribution is 0.294. The average molecular weight is 250 g/mol. The van der Waals surface area contributed by atoms with Crippen LogP contribution in [-0.4, -0.2) is 18.1 Å². The van der Waals surface area contributed by atoms with E-state index in [1.807, 2.05) is 18.3 Å². The molecule has 0 unspecified atom stereocenters. The molecule has 0 fully saturated rings. The number of nitrogens with one attached hydrogen (secondary N) is 1. The highest BCUT2D eigenvalue weighted by Gasteiger charge is 1.99. The van der Waals surface area contributed by atoms with E-state index in [4.69, 9.17) is 4.74 Å². The molecule has 0 aliphatic carbocycles. The van der Waals surface area contributed by atoms with E-state index in [0.717, 1.165) is 32.0 Å². The van der Waals surface area contributed by atoms with Crippen molar-refractivity contribution < 1.29 is 4.74 Å². The van der Waals surface area contributed by atoms with Gasteiger partial charge in [-0.05, 0) is 30.5 Å². The van der Waals surface area contributed by atoms with Gasteiger partial charge in [0, 0.05) is 18.8 Å². The molecule has 3 heteroatoms. The van der Waals surface area contributed by atoms with Crippen molar-refractivity contribution in [3.05, 3.63) is 23.9 Å². The van der Waals surface area contributed by atoms with Crippen molar-refractivity contribution in [2.24, 2.45) is 5.92 Å². The SMILES string of the molecule is CCCCCOc1cc(CNCC(C)C)ccn1. The standard InChI is InChI=1S/C15H26N2O/c1-4-5-6-9-18-15-10-14(7-8-17-15)12-16-11-13(2)3/h7-8,10,13,16H,4-6,9,11-12H2,1-3H3. The normalized spacial score (nSPS) is 10.9. The van der Waals surface area contributed by atoms with Gasteiger partial charge in [-0.1, -0.05) is 33.6 Å². The molecule has 1 aromatic heterocycles. The Balaban J connectivity index is 2.32. The van der Waals surface area contributed by atoms with E-state index in [1.165, 1.54) is 18.4 Å². The Morgan fingerprint density at radius 2 is 2.17 bits per heavy atom. The minimum Gasteiger partial charge on any atom is -0.478 e. The van der Waals surface area contributed by atoms with Gasteiger partial charge < -0.3 is 10.1 Å². The molecule has 0 aliphatic heterocycles. The molecule has 1 heterocycles. The van der Waals surface area contributed by atoms with Gasteiger partial charge in [0.25, 0.3) is 0 Å². The molecule has 0 aliphatic rings. The summed E-state index contributed by atoms with van der Waals surface area (Å²) in [7, 11) is 0. The summed E-state index contributed by atoms with van der Waals surface area (Å²) in [5.74, 6) is 1.42. The van der Waals surface area contributed by atoms with Gasteiger partial charge in [-0.25, -0.2) is 4.98 Å². The summed E-state index contributed by atoms with van der Waals surface area (Å²) < 4.78 is 5.64. The van der Waals surface area contributed by atoms with Crippen molar-refractivity contribution in [2.75, 3.05) is 13.2 Å². The van der Waals surface area contributed by atoms with Crippen LogP contribution < -0.4 is 10.1 Å². The Bertz CT molecular complexity index is 326. The molecule has 0 saturated heterocycles. The molecule has 0 aromatic carbocycles. The summed E-state index contributed by atoms with van der Waals surface area (Å²) in [5.41, 5.74) is 1.23. The summed E-state index contributed by atoms with van der Waals surface area (Å²) in [6, 6.07) is 4.06. The first-order chi connectivity index (χ1) is 8.72. The van der Waals surface area contributed by atoms with Crippen LogP contribution in [-0.2, 0) is 6.54 Å². The number of hydrogen-bond donors (Lipinski definition) is 1. The van der Waals surface area contributed by atoms with E-state index >= 15 is 0 Å². The maximum atomic E-state index is 5.64. The van der Waals surface area contributed by atoms with Gasteiger partial charge >= 0.3 is 0 Å². The highest BCUT2D eigenvalue weighted by atomic mass is 16.5. The predicted molar refractivity (Wildman–Crippen MR) is 75.8 cm³/mol. The first kappa shape index (κ1) is 15.0. The fourth-order valence-electron chi connectivity index (χ4n) is 1.67. The quantitative estimate of drug-likeness (QED) is 0.682. The molecule has 18 heavy (non-hydrogen) atoms. The molecule has 0 atom stereocenters. The van der Waals surface area contributed by atoms with Crippen molar-refractivity contribution in [1.29, 1.82) is 0 Å². The zero-order valence-electron chi connectivity index (χ0n) is 11.9. The van der Waals surface area contributed by atoms with Crippen molar-refractivity contribution >= 4 is 0 Å². The molecule has 0 spiro atoms. The Hall–Kier alpha value is -1.09. The Morgan fingerprint density at radius 1 is 1.33 bits per heavy atom. The van der Waals surface area contributed by atoms with Crippen molar-refractivity contribution in [3.63, 3.8) is 0 Å². The van der Waals surface area contributed by atoms with Crippen LogP contribution in [0.3, 0.4) is 0 Å². The van der Waals surface area contributed by atoms with E-state index in [9.17, 15) is 0 Å². The highest BCUT2D eigenvalue weighted by molar-refractivity contribution is 5.20. The molecular weight excluding hydrogens is 224 g/mol. The molecule has 102 valence electrons. The van der Waals surface area contributed by atoms with Crippen molar-refractivity contribution in [1.82, 2.24) is 10.3 Å². The third kappa shape index (κ3) is 6.60. The van der Waals surface area contributed by atoms with E-state index in [0.29, 0.717) is 5.92 Å². The number of nitrogens with zero attached hydrogens (tertiary/aromatic N) is 1. The fraction of sp³-hybridized carbons (Fsp3) is 0.667. The van der Waals surface area contributed by atoms with Gasteiger partial charge in [0.1, 0.15) is 0 Å².